The van der Waals surface area contributed by atoms with E-state index in [1.165, 1.54) is 0 Å². The molecule has 0 bridgehead atoms. The number of hydrogen-bond acceptors (Lipinski definition) is 3. The zero-order chi connectivity index (χ0) is 18.9. The number of benzene rings is 1. The van der Waals surface area contributed by atoms with E-state index in [1.54, 1.807) is 13.1 Å². The maximum absolute atomic E-state index is 13.7. The summed E-state index contributed by atoms with van der Waals surface area (Å²) in [5.74, 6) is -1.40. The highest BCUT2D eigenvalue weighted by molar-refractivity contribution is 6.74. The number of rotatable bonds is 5. The maximum atomic E-state index is 13.7. The summed E-state index contributed by atoms with van der Waals surface area (Å²) < 4.78 is 65.0. The van der Waals surface area contributed by atoms with E-state index in [4.69, 9.17) is 9.16 Å². The normalized spacial score (nSPS) is 14.4. The Kier molecular flexibility index (Phi) is 5.88. The number of carbonyl (C=O) groups is 1. The lowest BCUT2D eigenvalue weighted by molar-refractivity contribution is -0.201. The highest BCUT2D eigenvalue weighted by Gasteiger charge is 2.49. The molecule has 1 unspecified atom stereocenters. The van der Waals surface area contributed by atoms with Gasteiger partial charge in [0.05, 0.1) is 12.7 Å². The lowest BCUT2D eigenvalue weighted by Crippen LogP contribution is -2.44. The van der Waals surface area contributed by atoms with E-state index in [0.29, 0.717) is 0 Å². The van der Waals surface area contributed by atoms with Gasteiger partial charge in [0.15, 0.2) is 20.7 Å². The van der Waals surface area contributed by atoms with Gasteiger partial charge in [0, 0.05) is 5.56 Å². The fourth-order valence-corrected chi connectivity index (χ4v) is 3.12. The van der Waals surface area contributed by atoms with Crippen LogP contribution in [0.2, 0.25) is 18.1 Å². The van der Waals surface area contributed by atoms with Gasteiger partial charge in [-0.15, -0.1) is 0 Å². The van der Waals surface area contributed by atoms with Crippen LogP contribution >= 0.6 is 0 Å². The topological polar surface area (TPSA) is 35.5 Å². The predicted octanol–water partition coefficient (Wildman–Crippen LogP) is 5.27. The number of hydrogen-bond donors (Lipinski definition) is 0. The average molecular weight is 366 g/mol. The highest BCUT2D eigenvalue weighted by Crippen LogP contribution is 2.47. The van der Waals surface area contributed by atoms with Crippen LogP contribution in [0.5, 0.6) is 5.75 Å². The Labute approximate surface area is 140 Å². The van der Waals surface area contributed by atoms with Crippen LogP contribution in [0.3, 0.4) is 0 Å². The first-order valence-corrected chi connectivity index (χ1v) is 10.2. The van der Waals surface area contributed by atoms with Crippen LogP contribution < -0.4 is 4.74 Å². The van der Waals surface area contributed by atoms with Gasteiger partial charge in [0.2, 0.25) is 0 Å². The first-order valence-electron chi connectivity index (χ1n) is 7.32. The van der Waals surface area contributed by atoms with Gasteiger partial charge in [-0.05, 0) is 30.3 Å². The minimum Gasteiger partial charge on any atom is -0.495 e. The first kappa shape index (κ1) is 20.6. The van der Waals surface area contributed by atoms with Crippen LogP contribution in [-0.4, -0.2) is 27.9 Å². The highest BCUT2D eigenvalue weighted by atomic mass is 28.4. The van der Waals surface area contributed by atoms with Crippen LogP contribution in [0.1, 0.15) is 42.8 Å². The van der Waals surface area contributed by atoms with Gasteiger partial charge in [0.1, 0.15) is 11.6 Å². The van der Waals surface area contributed by atoms with E-state index in [0.717, 1.165) is 19.2 Å². The van der Waals surface area contributed by atoms with Crippen LogP contribution in [0, 0.1) is 5.82 Å². The van der Waals surface area contributed by atoms with Crippen LogP contribution in [-0.2, 0) is 4.43 Å². The largest absolute Gasteiger partial charge is 0.495 e. The molecular formula is C16H22F4O3Si. The van der Waals surface area contributed by atoms with Gasteiger partial charge in [-0.1, -0.05) is 20.8 Å². The van der Waals surface area contributed by atoms with Gasteiger partial charge in [-0.25, -0.2) is 4.39 Å². The van der Waals surface area contributed by atoms with E-state index >= 15 is 0 Å². The van der Waals surface area contributed by atoms with Crippen molar-refractivity contribution in [2.45, 2.75) is 51.2 Å². The van der Waals surface area contributed by atoms with Gasteiger partial charge >= 0.3 is 6.18 Å². The van der Waals surface area contributed by atoms with E-state index in [9.17, 15) is 22.4 Å². The number of ether oxygens (including phenoxy) is 1. The fourth-order valence-electron chi connectivity index (χ4n) is 1.91. The van der Waals surface area contributed by atoms with Crippen molar-refractivity contribution in [2.24, 2.45) is 0 Å². The lowest BCUT2D eigenvalue weighted by atomic mass is 10.0. The quantitative estimate of drug-likeness (QED) is 0.404. The molecule has 3 nitrogen and oxygen atoms in total. The summed E-state index contributed by atoms with van der Waals surface area (Å²) in [6.45, 7) is 8.80. The molecule has 1 rings (SSSR count). The molecule has 0 saturated heterocycles. The van der Waals surface area contributed by atoms with Crippen molar-refractivity contribution in [3.8, 4) is 5.75 Å². The summed E-state index contributed by atoms with van der Waals surface area (Å²) in [4.78, 5) is 11.0. The number of methoxy groups -OCH3 is 1. The van der Waals surface area contributed by atoms with Crippen LogP contribution in [0.25, 0.3) is 0 Å². The molecule has 1 atom stereocenters. The standard InChI is InChI=1S/C16H22F4O3Si/c1-15(2,3)24(5,6)23-14(16(18,19)20)10-7-8-12(17)11(9-21)13(10)22-4/h7-9,14H,1-6H3. The van der Waals surface area contributed by atoms with Gasteiger partial charge in [-0.2, -0.15) is 13.2 Å². The van der Waals surface area contributed by atoms with Crippen molar-refractivity contribution in [1.29, 1.82) is 0 Å². The number of halogens is 4. The van der Waals surface area contributed by atoms with Crippen molar-refractivity contribution >= 4 is 14.6 Å². The minimum absolute atomic E-state index is 0.136. The third kappa shape index (κ3) is 4.16. The monoisotopic (exact) mass is 366 g/mol. The third-order valence-corrected chi connectivity index (χ3v) is 8.73. The molecular weight excluding hydrogens is 344 g/mol. The Balaban J connectivity index is 3.53. The van der Waals surface area contributed by atoms with Crippen molar-refractivity contribution in [1.82, 2.24) is 0 Å². The zero-order valence-electron chi connectivity index (χ0n) is 14.5. The van der Waals surface area contributed by atoms with Crippen LogP contribution in [0.15, 0.2) is 12.1 Å². The molecule has 0 spiro atoms. The summed E-state index contributed by atoms with van der Waals surface area (Å²) in [5, 5.41) is -0.461. The average Bonchev–Trinajstić information content (AvgIpc) is 2.42. The molecule has 0 N–H and O–H groups in total. The van der Waals surface area contributed by atoms with E-state index in [2.05, 4.69) is 0 Å². The van der Waals surface area contributed by atoms with Gasteiger partial charge < -0.3 is 9.16 Å². The Bertz CT molecular complexity index is 607. The molecule has 0 aliphatic heterocycles. The van der Waals surface area contributed by atoms with Crippen molar-refractivity contribution < 1.29 is 31.5 Å². The van der Waals surface area contributed by atoms with Gasteiger partial charge in [0.25, 0.3) is 0 Å². The molecule has 0 aliphatic carbocycles. The van der Waals surface area contributed by atoms with Crippen LogP contribution in [0.4, 0.5) is 17.6 Å². The lowest BCUT2D eigenvalue weighted by Gasteiger charge is -2.40. The summed E-state index contributed by atoms with van der Waals surface area (Å²) in [6.07, 6.45) is -6.90. The van der Waals surface area contributed by atoms with Crippen molar-refractivity contribution in [3.05, 3.63) is 29.1 Å². The summed E-state index contributed by atoms with van der Waals surface area (Å²) >= 11 is 0. The van der Waals surface area contributed by atoms with Crippen molar-refractivity contribution in [3.63, 3.8) is 0 Å². The number of alkyl halides is 3. The SMILES string of the molecule is COc1c(C(O[Si](C)(C)C(C)(C)C)C(F)(F)F)ccc(F)c1C=O. The Hall–Kier alpha value is -1.41. The molecule has 0 radical (unpaired) electrons. The summed E-state index contributed by atoms with van der Waals surface area (Å²) in [6, 6.07) is 1.77. The Morgan fingerprint density at radius 2 is 1.71 bits per heavy atom. The second kappa shape index (κ2) is 6.83. The Morgan fingerprint density at radius 3 is 2.08 bits per heavy atom. The molecule has 1 aromatic rings. The molecule has 0 amide bonds. The minimum atomic E-state index is -4.74. The first-order chi connectivity index (χ1) is 10.8. The summed E-state index contributed by atoms with van der Waals surface area (Å²) in [7, 11) is -1.71. The maximum Gasteiger partial charge on any atom is 0.417 e. The predicted molar refractivity (Wildman–Crippen MR) is 85.4 cm³/mol. The number of carbonyl (C=O) groups excluding carboxylic acids is 1. The Morgan fingerprint density at radius 1 is 1.17 bits per heavy atom. The molecule has 0 saturated carbocycles. The molecule has 0 aliphatic rings. The number of aldehydes is 1. The molecule has 1 aromatic carbocycles. The fraction of sp³-hybridized carbons (Fsp3) is 0.562. The molecule has 24 heavy (non-hydrogen) atoms. The third-order valence-electron chi connectivity index (χ3n) is 4.29. The van der Waals surface area contributed by atoms with Crippen molar-refractivity contribution in [2.75, 3.05) is 7.11 Å². The molecule has 0 fully saturated rings. The van der Waals surface area contributed by atoms with Gasteiger partial charge in [-0.3, -0.25) is 4.79 Å². The zero-order valence-corrected chi connectivity index (χ0v) is 15.5. The summed E-state index contributed by atoms with van der Waals surface area (Å²) in [5.41, 5.74) is -0.957. The molecule has 0 aromatic heterocycles. The second-order valence-corrected chi connectivity index (χ2v) is 11.8. The smallest absolute Gasteiger partial charge is 0.417 e. The molecule has 8 heteroatoms. The molecule has 136 valence electrons. The van der Waals surface area contributed by atoms with E-state index < -0.39 is 48.3 Å². The van der Waals surface area contributed by atoms with E-state index in [-0.39, 0.29) is 6.29 Å². The second-order valence-electron chi connectivity index (χ2n) is 7.00. The molecule has 0 heterocycles. The van der Waals surface area contributed by atoms with E-state index in [1.807, 2.05) is 20.8 Å².